The molecule has 1 unspecified atom stereocenters. The highest BCUT2D eigenvalue weighted by molar-refractivity contribution is 9.09. The number of ketones is 1. The molecule has 0 aromatic rings. The molecule has 1 aliphatic rings. The molecule has 0 fully saturated rings. The molecule has 0 aromatic carbocycles. The molecule has 1 nitrogen and oxygen atoms in total. The summed E-state index contributed by atoms with van der Waals surface area (Å²) in [7, 11) is 0. The second kappa shape index (κ2) is 2.97. The van der Waals surface area contributed by atoms with E-state index >= 15 is 0 Å². The molecule has 0 N–H and O–H groups in total. The zero-order valence-electron chi connectivity index (χ0n) is 4.88. The second-order valence-electron chi connectivity index (χ2n) is 1.91. The molecule has 0 saturated heterocycles. The lowest BCUT2D eigenvalue weighted by Crippen LogP contribution is -2.12. The van der Waals surface area contributed by atoms with E-state index < -0.39 is 0 Å². The molecule has 0 bridgehead atoms. The Morgan fingerprint density at radius 3 is 2.78 bits per heavy atom. The van der Waals surface area contributed by atoms with Gasteiger partial charge >= 0.3 is 0 Å². The van der Waals surface area contributed by atoms with Gasteiger partial charge in [0.25, 0.3) is 0 Å². The van der Waals surface area contributed by atoms with Crippen LogP contribution in [0.1, 0.15) is 0 Å². The van der Waals surface area contributed by atoms with Gasteiger partial charge in [0, 0.05) is 11.2 Å². The Morgan fingerprint density at radius 2 is 2.33 bits per heavy atom. The van der Waals surface area contributed by atoms with Crippen LogP contribution in [-0.2, 0) is 4.79 Å². The van der Waals surface area contributed by atoms with Gasteiger partial charge in [-0.1, -0.05) is 34.2 Å². The van der Waals surface area contributed by atoms with Crippen LogP contribution in [0.25, 0.3) is 0 Å². The topological polar surface area (TPSA) is 17.1 Å². The van der Waals surface area contributed by atoms with Crippen molar-refractivity contribution in [3.8, 4) is 0 Å². The van der Waals surface area contributed by atoms with Crippen LogP contribution in [0.2, 0.25) is 0 Å². The first-order chi connectivity index (χ1) is 4.34. The van der Waals surface area contributed by atoms with E-state index in [-0.39, 0.29) is 11.7 Å². The number of carbonyl (C=O) groups excluding carboxylic acids is 1. The van der Waals surface area contributed by atoms with Gasteiger partial charge in [-0.3, -0.25) is 4.79 Å². The summed E-state index contributed by atoms with van der Waals surface area (Å²) in [6.45, 7) is 0. The van der Waals surface area contributed by atoms with Gasteiger partial charge < -0.3 is 0 Å². The van der Waals surface area contributed by atoms with Gasteiger partial charge in [0.1, 0.15) is 0 Å². The summed E-state index contributed by atoms with van der Waals surface area (Å²) in [5.41, 5.74) is 0. The Balaban J connectivity index is 2.66. The molecule has 0 radical (unpaired) electrons. The van der Waals surface area contributed by atoms with Crippen LogP contribution in [0.3, 0.4) is 0 Å². The van der Waals surface area contributed by atoms with Crippen LogP contribution in [0.5, 0.6) is 0 Å². The van der Waals surface area contributed by atoms with Crippen LogP contribution >= 0.6 is 15.9 Å². The van der Waals surface area contributed by atoms with Crippen LogP contribution in [0, 0.1) is 5.92 Å². The summed E-state index contributed by atoms with van der Waals surface area (Å²) < 4.78 is 0. The van der Waals surface area contributed by atoms with E-state index in [9.17, 15) is 4.79 Å². The molecule has 2 heteroatoms. The molecule has 0 saturated carbocycles. The number of carbonyl (C=O) groups is 1. The molecule has 1 rings (SSSR count). The average Bonchev–Trinajstić information content (AvgIpc) is 1.89. The van der Waals surface area contributed by atoms with Crippen molar-refractivity contribution >= 4 is 21.7 Å². The predicted molar refractivity (Wildman–Crippen MR) is 40.6 cm³/mol. The van der Waals surface area contributed by atoms with Crippen LogP contribution in [0.4, 0.5) is 0 Å². The lowest BCUT2D eigenvalue weighted by atomic mass is 10.0. The number of halogens is 1. The van der Waals surface area contributed by atoms with Crippen molar-refractivity contribution in [2.75, 3.05) is 5.33 Å². The minimum absolute atomic E-state index is 0.0648. The minimum Gasteiger partial charge on any atom is -0.294 e. The van der Waals surface area contributed by atoms with Crippen LogP contribution in [-0.4, -0.2) is 11.1 Å². The Bertz CT molecular complexity index is 170. The largest absolute Gasteiger partial charge is 0.294 e. The highest BCUT2D eigenvalue weighted by atomic mass is 79.9. The number of rotatable bonds is 1. The summed E-state index contributed by atoms with van der Waals surface area (Å²) in [5, 5.41) is 0.729. The number of hydrogen-bond donors (Lipinski definition) is 0. The van der Waals surface area contributed by atoms with E-state index in [1.807, 2.05) is 12.2 Å². The smallest absolute Gasteiger partial charge is 0.163 e. The van der Waals surface area contributed by atoms with E-state index in [1.54, 1.807) is 12.2 Å². The molecule has 48 valence electrons. The van der Waals surface area contributed by atoms with E-state index in [1.165, 1.54) is 0 Å². The van der Waals surface area contributed by atoms with E-state index in [4.69, 9.17) is 0 Å². The van der Waals surface area contributed by atoms with Gasteiger partial charge in [-0.2, -0.15) is 0 Å². The summed E-state index contributed by atoms with van der Waals surface area (Å²) in [5.74, 6) is 0.254. The van der Waals surface area contributed by atoms with E-state index in [0.717, 1.165) is 5.33 Å². The number of allylic oxidation sites excluding steroid dienone is 4. The molecular weight excluding hydrogens is 180 g/mol. The van der Waals surface area contributed by atoms with Gasteiger partial charge in [-0.15, -0.1) is 0 Å². The van der Waals surface area contributed by atoms with E-state index in [2.05, 4.69) is 15.9 Å². The molecule has 0 heterocycles. The van der Waals surface area contributed by atoms with Crippen molar-refractivity contribution in [2.24, 2.45) is 5.92 Å². The lowest BCUT2D eigenvalue weighted by molar-refractivity contribution is -0.116. The summed E-state index contributed by atoms with van der Waals surface area (Å²) >= 11 is 3.25. The normalized spacial score (nSPS) is 25.0. The summed E-state index contributed by atoms with van der Waals surface area (Å²) in [6.07, 6.45) is 7.16. The summed E-state index contributed by atoms with van der Waals surface area (Å²) in [6, 6.07) is 0. The minimum atomic E-state index is 0.0648. The zero-order valence-corrected chi connectivity index (χ0v) is 6.47. The third kappa shape index (κ3) is 1.52. The molecule has 0 amide bonds. The fourth-order valence-corrected chi connectivity index (χ4v) is 1.23. The lowest BCUT2D eigenvalue weighted by Gasteiger charge is -2.05. The maximum atomic E-state index is 10.9. The maximum Gasteiger partial charge on any atom is 0.163 e. The molecule has 0 aliphatic heterocycles. The molecule has 1 aliphatic carbocycles. The van der Waals surface area contributed by atoms with Crippen molar-refractivity contribution in [2.45, 2.75) is 0 Å². The van der Waals surface area contributed by atoms with Crippen molar-refractivity contribution < 1.29 is 4.79 Å². The third-order valence-electron chi connectivity index (χ3n) is 1.25. The predicted octanol–water partition coefficient (Wildman–Crippen LogP) is 1.69. The average molecular weight is 187 g/mol. The van der Waals surface area contributed by atoms with Gasteiger partial charge in [0.05, 0.1) is 0 Å². The fourth-order valence-electron chi connectivity index (χ4n) is 0.695. The van der Waals surface area contributed by atoms with Crippen LogP contribution < -0.4 is 0 Å². The number of hydrogen-bond acceptors (Lipinski definition) is 1. The second-order valence-corrected chi connectivity index (χ2v) is 2.55. The van der Waals surface area contributed by atoms with Gasteiger partial charge in [0.2, 0.25) is 0 Å². The number of alkyl halides is 1. The Labute approximate surface area is 62.6 Å². The first-order valence-corrected chi connectivity index (χ1v) is 3.91. The third-order valence-corrected chi connectivity index (χ3v) is 1.94. The van der Waals surface area contributed by atoms with Crippen molar-refractivity contribution in [1.29, 1.82) is 0 Å². The SMILES string of the molecule is O=C1C=CC=CC1CBr. The van der Waals surface area contributed by atoms with Gasteiger partial charge in [-0.25, -0.2) is 0 Å². The highest BCUT2D eigenvalue weighted by Crippen LogP contribution is 2.09. The molecule has 1 atom stereocenters. The molecule has 0 aromatic heterocycles. The van der Waals surface area contributed by atoms with Crippen molar-refractivity contribution in [3.63, 3.8) is 0 Å². The monoisotopic (exact) mass is 186 g/mol. The summed E-state index contributed by atoms with van der Waals surface area (Å²) in [4.78, 5) is 10.9. The molecule has 9 heavy (non-hydrogen) atoms. The Hall–Kier alpha value is -0.370. The first kappa shape index (κ1) is 6.75. The zero-order chi connectivity index (χ0) is 6.69. The van der Waals surface area contributed by atoms with E-state index in [0.29, 0.717) is 0 Å². The maximum absolute atomic E-state index is 10.9. The quantitative estimate of drug-likeness (QED) is 0.571. The highest BCUT2D eigenvalue weighted by Gasteiger charge is 2.11. The Morgan fingerprint density at radius 1 is 1.56 bits per heavy atom. The van der Waals surface area contributed by atoms with Gasteiger partial charge in [0.15, 0.2) is 5.78 Å². The van der Waals surface area contributed by atoms with Crippen molar-refractivity contribution in [1.82, 2.24) is 0 Å². The fraction of sp³-hybridized carbons (Fsp3) is 0.286. The standard InChI is InChI=1S/C7H7BrO/c8-5-6-3-1-2-4-7(6)9/h1-4,6H,5H2. The first-order valence-electron chi connectivity index (χ1n) is 2.79. The van der Waals surface area contributed by atoms with Gasteiger partial charge in [-0.05, 0) is 6.08 Å². The molecular formula is C7H7BrO. The Kier molecular flexibility index (Phi) is 2.22. The van der Waals surface area contributed by atoms with Crippen LogP contribution in [0.15, 0.2) is 24.3 Å². The van der Waals surface area contributed by atoms with Crippen molar-refractivity contribution in [3.05, 3.63) is 24.3 Å². The molecule has 0 spiro atoms.